The van der Waals surface area contributed by atoms with Gasteiger partial charge in [-0.2, -0.15) is 0 Å². The molecule has 0 heterocycles. The van der Waals surface area contributed by atoms with E-state index in [1.165, 1.54) is 11.9 Å². The lowest BCUT2D eigenvalue weighted by Gasteiger charge is -2.32. The van der Waals surface area contributed by atoms with Crippen molar-refractivity contribution in [2.45, 2.75) is 32.5 Å². The summed E-state index contributed by atoms with van der Waals surface area (Å²) in [5.74, 6) is -0.364. The summed E-state index contributed by atoms with van der Waals surface area (Å²) in [4.78, 5) is 27.6. The van der Waals surface area contributed by atoms with Gasteiger partial charge in [-0.25, -0.2) is 8.42 Å². The molecule has 0 radical (unpaired) electrons. The molecule has 0 saturated carbocycles. The van der Waals surface area contributed by atoms with Gasteiger partial charge in [0.2, 0.25) is 21.8 Å². The minimum atomic E-state index is -3.85. The number of amides is 2. The number of halogens is 2. The average molecular weight is 593 g/mol. The largest absolute Gasteiger partial charge is 0.489 e. The minimum Gasteiger partial charge on any atom is -0.489 e. The highest BCUT2D eigenvalue weighted by atomic mass is 35.5. The van der Waals surface area contributed by atoms with Gasteiger partial charge in [0.1, 0.15) is 24.9 Å². The molecule has 8 nitrogen and oxygen atoms in total. The van der Waals surface area contributed by atoms with Crippen LogP contribution in [0.2, 0.25) is 10.0 Å². The molecule has 0 bridgehead atoms. The molecular weight excluding hydrogens is 561 g/mol. The Morgan fingerprint density at radius 2 is 1.62 bits per heavy atom. The van der Waals surface area contributed by atoms with Gasteiger partial charge in [-0.15, -0.1) is 0 Å². The number of sulfonamides is 1. The van der Waals surface area contributed by atoms with Gasteiger partial charge in [0, 0.05) is 13.6 Å². The number of anilines is 1. The first-order valence-electron chi connectivity index (χ1n) is 12.2. The Bertz CT molecular complexity index is 1390. The van der Waals surface area contributed by atoms with Crippen LogP contribution < -0.4 is 14.4 Å². The van der Waals surface area contributed by atoms with Crippen molar-refractivity contribution in [2.75, 3.05) is 24.2 Å². The van der Waals surface area contributed by atoms with E-state index in [4.69, 9.17) is 27.9 Å². The number of nitrogens with zero attached hydrogens (tertiary/aromatic N) is 2. The molecular formula is C28H31Cl2N3O5S. The van der Waals surface area contributed by atoms with Crippen LogP contribution >= 0.6 is 23.2 Å². The molecule has 0 aromatic heterocycles. The van der Waals surface area contributed by atoms with Gasteiger partial charge in [-0.3, -0.25) is 13.9 Å². The summed E-state index contributed by atoms with van der Waals surface area (Å²) in [6.07, 6.45) is 1.35. The van der Waals surface area contributed by atoms with Crippen LogP contribution in [0.15, 0.2) is 72.8 Å². The van der Waals surface area contributed by atoms with Crippen LogP contribution in [0.1, 0.15) is 24.5 Å². The normalized spacial score (nSPS) is 11.9. The second-order valence-corrected chi connectivity index (χ2v) is 11.6. The van der Waals surface area contributed by atoms with Crippen LogP contribution in [0.25, 0.3) is 0 Å². The molecule has 0 fully saturated rings. The third kappa shape index (κ3) is 8.36. The van der Waals surface area contributed by atoms with Crippen LogP contribution in [0.4, 0.5) is 5.69 Å². The van der Waals surface area contributed by atoms with Crippen LogP contribution in [0.5, 0.6) is 5.75 Å². The van der Waals surface area contributed by atoms with Gasteiger partial charge >= 0.3 is 0 Å². The molecule has 39 heavy (non-hydrogen) atoms. The van der Waals surface area contributed by atoms with Gasteiger partial charge < -0.3 is 15.0 Å². The van der Waals surface area contributed by atoms with Crippen molar-refractivity contribution in [2.24, 2.45) is 0 Å². The molecule has 3 aromatic carbocycles. The molecule has 0 saturated heterocycles. The van der Waals surface area contributed by atoms with Crippen molar-refractivity contribution in [3.8, 4) is 5.75 Å². The van der Waals surface area contributed by atoms with Gasteiger partial charge in [-0.05, 0) is 53.9 Å². The quantitative estimate of drug-likeness (QED) is 0.323. The third-order valence-electron chi connectivity index (χ3n) is 6.02. The first kappa shape index (κ1) is 30.3. The molecule has 2 amide bonds. The number of nitrogens with one attached hydrogen (secondary N) is 1. The zero-order valence-electron chi connectivity index (χ0n) is 21.9. The highest BCUT2D eigenvalue weighted by molar-refractivity contribution is 7.92. The molecule has 1 atom stereocenters. The Balaban J connectivity index is 1.85. The summed E-state index contributed by atoms with van der Waals surface area (Å²) in [6, 6.07) is 20.2. The van der Waals surface area contributed by atoms with Crippen LogP contribution in [0, 0.1) is 0 Å². The third-order valence-corrected chi connectivity index (χ3v) is 7.90. The maximum absolute atomic E-state index is 13.6. The summed E-state index contributed by atoms with van der Waals surface area (Å²) >= 11 is 12.2. The number of carbonyl (C=O) groups is 2. The standard InChI is InChI=1S/C28H31Cl2N3O5S/c1-4-26(28(35)31-2)32(17-21-10-15-24(29)25(30)16-21)27(34)18-33(39(3,36)37)22-11-13-23(14-12-22)38-19-20-8-6-5-7-9-20/h5-16,26H,4,17-19H2,1-3H3,(H,31,35). The van der Waals surface area contributed by atoms with Crippen molar-refractivity contribution >= 4 is 50.7 Å². The fourth-order valence-corrected chi connectivity index (χ4v) is 5.15. The van der Waals surface area contributed by atoms with Gasteiger partial charge in [-0.1, -0.05) is 66.5 Å². The fourth-order valence-electron chi connectivity index (χ4n) is 3.98. The highest BCUT2D eigenvalue weighted by Crippen LogP contribution is 2.26. The van der Waals surface area contributed by atoms with E-state index >= 15 is 0 Å². The van der Waals surface area contributed by atoms with Crippen LogP contribution in [-0.2, 0) is 32.8 Å². The minimum absolute atomic E-state index is 0.0332. The maximum Gasteiger partial charge on any atom is 0.244 e. The van der Waals surface area contributed by atoms with Gasteiger partial charge in [0.05, 0.1) is 22.0 Å². The van der Waals surface area contributed by atoms with E-state index < -0.39 is 28.5 Å². The summed E-state index contributed by atoms with van der Waals surface area (Å²) in [5.41, 5.74) is 1.93. The second-order valence-electron chi connectivity index (χ2n) is 8.85. The zero-order chi connectivity index (χ0) is 28.6. The SMILES string of the molecule is CCC(C(=O)NC)N(Cc1ccc(Cl)c(Cl)c1)C(=O)CN(c1ccc(OCc2ccccc2)cc1)S(C)(=O)=O. The Morgan fingerprint density at radius 3 is 2.18 bits per heavy atom. The van der Waals surface area contributed by atoms with Crippen molar-refractivity contribution in [1.82, 2.24) is 10.2 Å². The molecule has 0 aliphatic heterocycles. The highest BCUT2D eigenvalue weighted by Gasteiger charge is 2.31. The van der Waals surface area contributed by atoms with Crippen LogP contribution in [0.3, 0.4) is 0 Å². The predicted octanol–water partition coefficient (Wildman–Crippen LogP) is 4.89. The van der Waals surface area contributed by atoms with Gasteiger partial charge in [0.25, 0.3) is 0 Å². The maximum atomic E-state index is 13.6. The number of hydrogen-bond acceptors (Lipinski definition) is 5. The summed E-state index contributed by atoms with van der Waals surface area (Å²) in [7, 11) is -2.37. The lowest BCUT2D eigenvalue weighted by Crippen LogP contribution is -2.51. The van der Waals surface area contributed by atoms with Crippen molar-refractivity contribution in [3.05, 3.63) is 94.0 Å². The van der Waals surface area contributed by atoms with Crippen molar-refractivity contribution in [1.29, 1.82) is 0 Å². The Morgan fingerprint density at radius 1 is 0.949 bits per heavy atom. The molecule has 1 unspecified atom stereocenters. The molecule has 11 heteroatoms. The Hall–Kier alpha value is -3.27. The summed E-state index contributed by atoms with van der Waals surface area (Å²) in [6.45, 7) is 1.66. The van der Waals surface area contributed by atoms with E-state index in [1.807, 2.05) is 30.3 Å². The molecule has 0 aliphatic rings. The van der Waals surface area contributed by atoms with Gasteiger partial charge in [0.15, 0.2) is 0 Å². The predicted molar refractivity (Wildman–Crippen MR) is 155 cm³/mol. The Labute approximate surface area is 239 Å². The Kier molecular flexibility index (Phi) is 10.6. The average Bonchev–Trinajstić information content (AvgIpc) is 2.92. The topological polar surface area (TPSA) is 96.0 Å². The molecule has 208 valence electrons. The molecule has 0 spiro atoms. The zero-order valence-corrected chi connectivity index (χ0v) is 24.3. The molecule has 3 rings (SSSR count). The number of likely N-dealkylation sites (N-methyl/N-ethyl adjacent to an activating group) is 1. The van der Waals surface area contributed by atoms with Crippen molar-refractivity contribution in [3.63, 3.8) is 0 Å². The van der Waals surface area contributed by atoms with E-state index in [0.29, 0.717) is 40.1 Å². The van der Waals surface area contributed by atoms with Crippen LogP contribution in [-0.4, -0.2) is 51.0 Å². The van der Waals surface area contributed by atoms with E-state index in [-0.39, 0.29) is 12.5 Å². The number of benzene rings is 3. The summed E-state index contributed by atoms with van der Waals surface area (Å²) in [5, 5.41) is 3.24. The smallest absolute Gasteiger partial charge is 0.244 e. The molecule has 1 N–H and O–H groups in total. The first-order chi connectivity index (χ1) is 18.5. The summed E-state index contributed by atoms with van der Waals surface area (Å²) < 4.78 is 32.3. The van der Waals surface area contributed by atoms with E-state index in [9.17, 15) is 18.0 Å². The van der Waals surface area contributed by atoms with E-state index in [0.717, 1.165) is 16.1 Å². The van der Waals surface area contributed by atoms with E-state index in [2.05, 4.69) is 5.32 Å². The number of carbonyl (C=O) groups excluding carboxylic acids is 2. The fraction of sp³-hybridized carbons (Fsp3) is 0.286. The lowest BCUT2D eigenvalue weighted by atomic mass is 10.1. The lowest BCUT2D eigenvalue weighted by molar-refractivity contribution is -0.140. The van der Waals surface area contributed by atoms with Crippen molar-refractivity contribution < 1.29 is 22.7 Å². The molecule has 3 aromatic rings. The number of rotatable bonds is 12. The first-order valence-corrected chi connectivity index (χ1v) is 14.8. The monoisotopic (exact) mass is 591 g/mol. The molecule has 0 aliphatic carbocycles. The number of hydrogen-bond donors (Lipinski definition) is 1. The second kappa shape index (κ2) is 13.7. The van der Waals surface area contributed by atoms with E-state index in [1.54, 1.807) is 49.4 Å². The number of ether oxygens (including phenoxy) is 1.